The molecule has 4 nitrogen and oxygen atoms in total. The van der Waals surface area contributed by atoms with E-state index in [2.05, 4.69) is 10.6 Å². The number of nitrogens with one attached hydrogen (secondary N) is 2. The van der Waals surface area contributed by atoms with E-state index < -0.39 is 0 Å². The number of halogens is 1. The van der Waals surface area contributed by atoms with Crippen molar-refractivity contribution in [2.24, 2.45) is 0 Å². The fourth-order valence-corrected chi connectivity index (χ4v) is 2.63. The van der Waals surface area contributed by atoms with Crippen molar-refractivity contribution in [1.29, 1.82) is 0 Å². The van der Waals surface area contributed by atoms with E-state index in [4.69, 9.17) is 16.3 Å². The molecule has 1 aliphatic rings. The Kier molecular flexibility index (Phi) is 5.97. The van der Waals surface area contributed by atoms with Crippen LogP contribution >= 0.6 is 23.4 Å². The van der Waals surface area contributed by atoms with Gasteiger partial charge < -0.3 is 15.4 Å². The zero-order valence-corrected chi connectivity index (χ0v) is 12.1. The van der Waals surface area contributed by atoms with Crippen molar-refractivity contribution >= 4 is 29.3 Å². The molecule has 1 amide bonds. The average molecular weight is 301 g/mol. The van der Waals surface area contributed by atoms with Crippen molar-refractivity contribution < 1.29 is 9.53 Å². The fourth-order valence-electron chi connectivity index (χ4n) is 1.73. The smallest absolute Gasteiger partial charge is 0.239 e. The van der Waals surface area contributed by atoms with E-state index >= 15 is 0 Å². The molecule has 1 aromatic rings. The van der Waals surface area contributed by atoms with Crippen molar-refractivity contribution in [3.63, 3.8) is 0 Å². The third-order valence-electron chi connectivity index (χ3n) is 2.72. The van der Waals surface area contributed by atoms with Gasteiger partial charge in [0.2, 0.25) is 5.91 Å². The Morgan fingerprint density at radius 2 is 2.26 bits per heavy atom. The monoisotopic (exact) mass is 300 g/mol. The molecule has 1 fully saturated rings. The molecule has 19 heavy (non-hydrogen) atoms. The molecule has 104 valence electrons. The van der Waals surface area contributed by atoms with Gasteiger partial charge in [0.15, 0.2) is 0 Å². The lowest BCUT2D eigenvalue weighted by molar-refractivity contribution is -0.125. The lowest BCUT2D eigenvalue weighted by atomic mass is 10.2. The Labute approximate surface area is 122 Å². The zero-order chi connectivity index (χ0) is 13.5. The van der Waals surface area contributed by atoms with Gasteiger partial charge in [0.25, 0.3) is 0 Å². The number of ether oxygens (including phenoxy) is 1. The Hall–Kier alpha value is -0.750. The first-order valence-corrected chi connectivity index (χ1v) is 7.59. The molecule has 0 radical (unpaired) electrons. The maximum atomic E-state index is 11.8. The number of thioether (sulfide) groups is 1. The van der Waals surface area contributed by atoms with Crippen molar-refractivity contribution in [3.8, 4) is 0 Å². The lowest BCUT2D eigenvalue weighted by Gasteiger charge is -2.22. The summed E-state index contributed by atoms with van der Waals surface area (Å²) in [5.74, 6) is 0.845. The number of carbonyl (C=O) groups excluding carboxylic acids is 1. The first-order chi connectivity index (χ1) is 9.25. The maximum absolute atomic E-state index is 11.8. The third-order valence-corrected chi connectivity index (χ3v) is 3.99. The van der Waals surface area contributed by atoms with Gasteiger partial charge in [-0.2, -0.15) is 0 Å². The van der Waals surface area contributed by atoms with Crippen LogP contribution in [0.1, 0.15) is 0 Å². The van der Waals surface area contributed by atoms with Crippen molar-refractivity contribution in [3.05, 3.63) is 29.3 Å². The van der Waals surface area contributed by atoms with Gasteiger partial charge >= 0.3 is 0 Å². The van der Waals surface area contributed by atoms with Gasteiger partial charge in [0, 0.05) is 28.8 Å². The van der Waals surface area contributed by atoms with Crippen molar-refractivity contribution in [2.45, 2.75) is 10.9 Å². The molecule has 0 bridgehead atoms. The number of morpholine rings is 1. The lowest BCUT2D eigenvalue weighted by Crippen LogP contribution is -2.51. The fraction of sp³-hybridized carbons (Fsp3) is 0.462. The predicted molar refractivity (Wildman–Crippen MR) is 77.8 cm³/mol. The normalized spacial score (nSPS) is 19.1. The molecule has 1 aliphatic heterocycles. The second kappa shape index (κ2) is 7.75. The summed E-state index contributed by atoms with van der Waals surface area (Å²) in [7, 11) is 0. The van der Waals surface area contributed by atoms with Crippen LogP contribution in [0.25, 0.3) is 0 Å². The molecular formula is C13H17ClN2O2S. The summed E-state index contributed by atoms with van der Waals surface area (Å²) in [6.07, 6.45) is 0. The number of hydrogen-bond acceptors (Lipinski definition) is 4. The second-order valence-electron chi connectivity index (χ2n) is 4.18. The van der Waals surface area contributed by atoms with E-state index in [-0.39, 0.29) is 11.9 Å². The minimum Gasteiger partial charge on any atom is -0.378 e. The van der Waals surface area contributed by atoms with Crippen molar-refractivity contribution in [2.75, 3.05) is 32.1 Å². The minimum absolute atomic E-state index is 0.0106. The first-order valence-electron chi connectivity index (χ1n) is 6.23. The molecule has 1 aromatic carbocycles. The highest BCUT2D eigenvalue weighted by molar-refractivity contribution is 7.99. The summed E-state index contributed by atoms with van der Waals surface area (Å²) < 4.78 is 5.25. The standard InChI is InChI=1S/C13H17ClN2O2S/c14-10-1-3-11(4-2-10)19-8-6-16-13(17)12-9-18-7-5-15-12/h1-4,12,15H,5-9H2,(H,16,17). The molecule has 0 aliphatic carbocycles. The summed E-state index contributed by atoms with van der Waals surface area (Å²) in [4.78, 5) is 12.9. The number of rotatable bonds is 5. The molecule has 0 spiro atoms. The summed E-state index contributed by atoms with van der Waals surface area (Å²) >= 11 is 7.51. The molecule has 0 saturated carbocycles. The summed E-state index contributed by atoms with van der Waals surface area (Å²) in [6, 6.07) is 7.48. The van der Waals surface area contributed by atoms with Crippen LogP contribution in [0.4, 0.5) is 0 Å². The molecular weight excluding hydrogens is 284 g/mol. The number of carbonyl (C=O) groups is 1. The molecule has 2 N–H and O–H groups in total. The predicted octanol–water partition coefficient (Wildman–Crippen LogP) is 1.54. The molecule has 0 aromatic heterocycles. The summed E-state index contributed by atoms with van der Waals surface area (Å²) in [5.41, 5.74) is 0. The SMILES string of the molecule is O=C(NCCSc1ccc(Cl)cc1)C1COCCN1. The van der Waals surface area contributed by atoms with Crippen LogP contribution in [0.15, 0.2) is 29.2 Å². The second-order valence-corrected chi connectivity index (χ2v) is 5.78. The van der Waals surface area contributed by atoms with Crippen LogP contribution in [0.3, 0.4) is 0 Å². The largest absolute Gasteiger partial charge is 0.378 e. The number of benzene rings is 1. The highest BCUT2D eigenvalue weighted by atomic mass is 35.5. The number of hydrogen-bond donors (Lipinski definition) is 2. The van der Waals surface area contributed by atoms with Crippen molar-refractivity contribution in [1.82, 2.24) is 10.6 Å². The van der Waals surface area contributed by atoms with E-state index in [0.717, 1.165) is 22.2 Å². The van der Waals surface area contributed by atoms with Crippen LogP contribution in [0, 0.1) is 0 Å². The topological polar surface area (TPSA) is 50.4 Å². The maximum Gasteiger partial charge on any atom is 0.239 e. The van der Waals surface area contributed by atoms with E-state index in [1.54, 1.807) is 11.8 Å². The Bertz CT molecular complexity index is 408. The van der Waals surface area contributed by atoms with E-state index in [1.807, 2.05) is 24.3 Å². The Morgan fingerprint density at radius 1 is 1.47 bits per heavy atom. The van der Waals surface area contributed by atoms with Gasteiger partial charge in [-0.25, -0.2) is 0 Å². The van der Waals surface area contributed by atoms with Crippen LogP contribution in [-0.2, 0) is 9.53 Å². The average Bonchev–Trinajstić information content (AvgIpc) is 2.46. The van der Waals surface area contributed by atoms with Gasteiger partial charge in [-0.05, 0) is 24.3 Å². The summed E-state index contributed by atoms with van der Waals surface area (Å²) in [6.45, 7) is 2.51. The highest BCUT2D eigenvalue weighted by Crippen LogP contribution is 2.19. The Balaban J connectivity index is 1.63. The molecule has 2 rings (SSSR count). The van der Waals surface area contributed by atoms with E-state index in [1.165, 1.54) is 0 Å². The zero-order valence-electron chi connectivity index (χ0n) is 10.5. The Morgan fingerprint density at radius 3 is 2.95 bits per heavy atom. The van der Waals surface area contributed by atoms with E-state index in [0.29, 0.717) is 19.8 Å². The van der Waals surface area contributed by atoms with Crippen LogP contribution in [0.2, 0.25) is 5.02 Å². The molecule has 1 atom stereocenters. The van der Waals surface area contributed by atoms with Crippen LogP contribution < -0.4 is 10.6 Å². The van der Waals surface area contributed by atoms with Gasteiger partial charge in [-0.3, -0.25) is 4.79 Å². The molecule has 1 heterocycles. The molecule has 1 unspecified atom stereocenters. The minimum atomic E-state index is -0.214. The highest BCUT2D eigenvalue weighted by Gasteiger charge is 2.20. The third kappa shape index (κ3) is 5.03. The quantitative estimate of drug-likeness (QED) is 0.640. The van der Waals surface area contributed by atoms with Gasteiger partial charge in [-0.1, -0.05) is 11.6 Å². The van der Waals surface area contributed by atoms with E-state index in [9.17, 15) is 4.79 Å². The summed E-state index contributed by atoms with van der Waals surface area (Å²) in [5, 5.41) is 6.77. The number of amides is 1. The molecule has 6 heteroatoms. The van der Waals surface area contributed by atoms with Crippen LogP contribution in [-0.4, -0.2) is 44.0 Å². The first kappa shape index (κ1) is 14.7. The van der Waals surface area contributed by atoms with Gasteiger partial charge in [0.1, 0.15) is 6.04 Å². The molecule has 1 saturated heterocycles. The van der Waals surface area contributed by atoms with Gasteiger partial charge in [0.05, 0.1) is 13.2 Å². The van der Waals surface area contributed by atoms with Crippen LogP contribution in [0.5, 0.6) is 0 Å². The van der Waals surface area contributed by atoms with Gasteiger partial charge in [-0.15, -0.1) is 11.8 Å².